The van der Waals surface area contributed by atoms with Gasteiger partial charge in [0.2, 0.25) is 5.89 Å². The Morgan fingerprint density at radius 3 is 2.92 bits per heavy atom. The van der Waals surface area contributed by atoms with E-state index in [-0.39, 0.29) is 18.4 Å². The lowest BCUT2D eigenvalue weighted by molar-refractivity contribution is 0.190. The van der Waals surface area contributed by atoms with Crippen molar-refractivity contribution in [3.05, 3.63) is 59.7 Å². The van der Waals surface area contributed by atoms with Crippen LogP contribution in [0.2, 0.25) is 0 Å². The van der Waals surface area contributed by atoms with Crippen LogP contribution in [0.5, 0.6) is 0 Å². The predicted molar refractivity (Wildman–Crippen MR) is 96.5 cm³/mol. The van der Waals surface area contributed by atoms with Crippen LogP contribution in [0.1, 0.15) is 23.3 Å². The predicted octanol–water partition coefficient (Wildman–Crippen LogP) is 2.81. The van der Waals surface area contributed by atoms with Gasteiger partial charge in [-0.1, -0.05) is 47.6 Å². The summed E-state index contributed by atoms with van der Waals surface area (Å²) in [5.41, 5.74) is 1.22. The van der Waals surface area contributed by atoms with E-state index >= 15 is 0 Å². The standard InChI is InChI=1S/C18H20N4O.ClH/c1-22-10-9-19-12-16(22)18-20-17(23-21-18)11-14-7-4-6-13-5-2-3-8-15(13)14;/h2-8,16,19H,9-12H2,1H3;1H. The molecule has 0 aliphatic carbocycles. The number of nitrogens with one attached hydrogen (secondary N) is 1. The van der Waals surface area contributed by atoms with Crippen LogP contribution in [0.3, 0.4) is 0 Å². The van der Waals surface area contributed by atoms with Gasteiger partial charge < -0.3 is 9.84 Å². The number of benzene rings is 2. The third-order valence-corrected chi connectivity index (χ3v) is 4.51. The molecule has 0 amide bonds. The molecule has 1 unspecified atom stereocenters. The van der Waals surface area contributed by atoms with Gasteiger partial charge in [-0.25, -0.2) is 0 Å². The number of piperazine rings is 1. The third kappa shape index (κ3) is 3.29. The van der Waals surface area contributed by atoms with Crippen molar-refractivity contribution in [3.8, 4) is 0 Å². The smallest absolute Gasteiger partial charge is 0.231 e. The number of aromatic nitrogens is 2. The number of hydrogen-bond donors (Lipinski definition) is 1. The highest BCUT2D eigenvalue weighted by atomic mass is 35.5. The first-order valence-electron chi connectivity index (χ1n) is 8.01. The molecule has 1 N–H and O–H groups in total. The van der Waals surface area contributed by atoms with Crippen molar-refractivity contribution >= 4 is 23.2 Å². The van der Waals surface area contributed by atoms with Gasteiger partial charge in [-0.05, 0) is 23.4 Å². The SMILES string of the molecule is CN1CCNCC1c1noc(Cc2cccc3ccccc23)n1.Cl. The van der Waals surface area contributed by atoms with Gasteiger partial charge in [-0.15, -0.1) is 12.4 Å². The first-order chi connectivity index (χ1) is 11.3. The fraction of sp³-hybridized carbons (Fsp3) is 0.333. The van der Waals surface area contributed by atoms with Crippen molar-refractivity contribution in [3.63, 3.8) is 0 Å². The van der Waals surface area contributed by atoms with Crippen molar-refractivity contribution < 1.29 is 4.52 Å². The zero-order valence-corrected chi connectivity index (χ0v) is 14.4. The third-order valence-electron chi connectivity index (χ3n) is 4.51. The Kier molecular flexibility index (Phi) is 5.14. The largest absolute Gasteiger partial charge is 0.339 e. The molecule has 1 saturated heterocycles. The van der Waals surface area contributed by atoms with Crippen molar-refractivity contribution in [1.29, 1.82) is 0 Å². The first kappa shape index (κ1) is 16.9. The number of likely N-dealkylation sites (N-methyl/N-ethyl adjacent to an activating group) is 1. The molecule has 1 aromatic heterocycles. The van der Waals surface area contributed by atoms with E-state index in [4.69, 9.17) is 4.52 Å². The molecule has 1 fully saturated rings. The van der Waals surface area contributed by atoms with Gasteiger partial charge in [0, 0.05) is 19.6 Å². The molecule has 1 aliphatic rings. The molecule has 0 spiro atoms. The van der Waals surface area contributed by atoms with Crippen LogP contribution in [-0.4, -0.2) is 41.7 Å². The van der Waals surface area contributed by atoms with E-state index in [1.807, 2.05) is 0 Å². The minimum absolute atomic E-state index is 0. The number of fused-ring (bicyclic) bond motifs is 1. The zero-order chi connectivity index (χ0) is 15.6. The summed E-state index contributed by atoms with van der Waals surface area (Å²) in [4.78, 5) is 6.89. The molecule has 0 radical (unpaired) electrons. The highest BCUT2D eigenvalue weighted by Crippen LogP contribution is 2.22. The molecule has 1 aliphatic heterocycles. The van der Waals surface area contributed by atoms with Gasteiger partial charge in [0.25, 0.3) is 0 Å². The van der Waals surface area contributed by atoms with E-state index in [2.05, 4.69) is 69.9 Å². The molecule has 2 aromatic carbocycles. The van der Waals surface area contributed by atoms with Crippen LogP contribution in [0, 0.1) is 0 Å². The highest BCUT2D eigenvalue weighted by molar-refractivity contribution is 5.86. The molecular formula is C18H21ClN4O. The summed E-state index contributed by atoms with van der Waals surface area (Å²) >= 11 is 0. The highest BCUT2D eigenvalue weighted by Gasteiger charge is 2.25. The molecule has 3 aromatic rings. The van der Waals surface area contributed by atoms with E-state index in [9.17, 15) is 0 Å². The van der Waals surface area contributed by atoms with Crippen LogP contribution in [0.4, 0.5) is 0 Å². The topological polar surface area (TPSA) is 54.2 Å². The molecule has 4 rings (SSSR count). The average Bonchev–Trinajstić information content (AvgIpc) is 3.04. The Bertz CT molecular complexity index is 814. The summed E-state index contributed by atoms with van der Waals surface area (Å²) < 4.78 is 5.50. The summed E-state index contributed by atoms with van der Waals surface area (Å²) in [6, 6.07) is 14.9. The lowest BCUT2D eigenvalue weighted by Gasteiger charge is -2.30. The molecule has 0 saturated carbocycles. The number of hydrogen-bond acceptors (Lipinski definition) is 5. The molecule has 0 bridgehead atoms. The van der Waals surface area contributed by atoms with Crippen molar-refractivity contribution in [2.75, 3.05) is 26.7 Å². The van der Waals surface area contributed by atoms with Crippen LogP contribution in [-0.2, 0) is 6.42 Å². The molecule has 5 nitrogen and oxygen atoms in total. The molecule has 6 heteroatoms. The molecule has 1 atom stereocenters. The Morgan fingerprint density at radius 2 is 2.04 bits per heavy atom. The minimum Gasteiger partial charge on any atom is -0.339 e. The zero-order valence-electron chi connectivity index (χ0n) is 13.6. The van der Waals surface area contributed by atoms with Crippen LogP contribution >= 0.6 is 12.4 Å². The maximum atomic E-state index is 5.50. The average molecular weight is 345 g/mol. The van der Waals surface area contributed by atoms with Gasteiger partial charge >= 0.3 is 0 Å². The van der Waals surface area contributed by atoms with Gasteiger partial charge in [-0.2, -0.15) is 4.98 Å². The van der Waals surface area contributed by atoms with Crippen molar-refractivity contribution in [1.82, 2.24) is 20.4 Å². The van der Waals surface area contributed by atoms with Crippen molar-refractivity contribution in [2.45, 2.75) is 12.5 Å². The fourth-order valence-electron chi connectivity index (χ4n) is 3.18. The van der Waals surface area contributed by atoms with Crippen LogP contribution in [0.15, 0.2) is 47.0 Å². The Morgan fingerprint density at radius 1 is 1.21 bits per heavy atom. The van der Waals surface area contributed by atoms with Crippen molar-refractivity contribution in [2.24, 2.45) is 0 Å². The molecule has 126 valence electrons. The second-order valence-electron chi connectivity index (χ2n) is 6.06. The molecular weight excluding hydrogens is 324 g/mol. The van der Waals surface area contributed by atoms with Gasteiger partial charge in [-0.3, -0.25) is 4.90 Å². The quantitative estimate of drug-likeness (QED) is 0.791. The van der Waals surface area contributed by atoms with Gasteiger partial charge in [0.05, 0.1) is 12.5 Å². The van der Waals surface area contributed by atoms with Gasteiger partial charge in [0.1, 0.15) is 0 Å². The fourth-order valence-corrected chi connectivity index (χ4v) is 3.18. The lowest BCUT2D eigenvalue weighted by Crippen LogP contribution is -2.44. The maximum Gasteiger partial charge on any atom is 0.231 e. The second kappa shape index (κ2) is 7.30. The second-order valence-corrected chi connectivity index (χ2v) is 6.06. The Balaban J connectivity index is 0.00000169. The minimum atomic E-state index is 0. The summed E-state index contributed by atoms with van der Waals surface area (Å²) in [6.07, 6.45) is 0.665. The Hall–Kier alpha value is -1.95. The van der Waals surface area contributed by atoms with E-state index in [0.717, 1.165) is 25.5 Å². The van der Waals surface area contributed by atoms with E-state index in [1.54, 1.807) is 0 Å². The van der Waals surface area contributed by atoms with E-state index in [1.165, 1.54) is 16.3 Å². The Labute approximate surface area is 147 Å². The number of halogens is 1. The molecule has 24 heavy (non-hydrogen) atoms. The summed E-state index contributed by atoms with van der Waals surface area (Å²) in [7, 11) is 2.10. The van der Waals surface area contributed by atoms with Crippen LogP contribution < -0.4 is 5.32 Å². The molecule has 2 heterocycles. The number of nitrogens with zero attached hydrogens (tertiary/aromatic N) is 3. The number of rotatable bonds is 3. The summed E-state index contributed by atoms with van der Waals surface area (Å²) in [5.74, 6) is 1.45. The normalized spacial score (nSPS) is 18.5. The van der Waals surface area contributed by atoms with Gasteiger partial charge in [0.15, 0.2) is 5.82 Å². The summed E-state index contributed by atoms with van der Waals surface area (Å²) in [6.45, 7) is 2.87. The lowest BCUT2D eigenvalue weighted by atomic mass is 10.0. The summed E-state index contributed by atoms with van der Waals surface area (Å²) in [5, 5.41) is 10.1. The monoisotopic (exact) mass is 344 g/mol. The van der Waals surface area contributed by atoms with E-state index in [0.29, 0.717) is 12.3 Å². The van der Waals surface area contributed by atoms with Crippen LogP contribution in [0.25, 0.3) is 10.8 Å². The maximum absolute atomic E-state index is 5.50. The van der Waals surface area contributed by atoms with E-state index < -0.39 is 0 Å². The first-order valence-corrected chi connectivity index (χ1v) is 8.01.